The summed E-state index contributed by atoms with van der Waals surface area (Å²) >= 11 is 3.20. The summed E-state index contributed by atoms with van der Waals surface area (Å²) < 4.78 is 0.526. The molecular weight excluding hydrogens is 332 g/mol. The lowest BCUT2D eigenvalue weighted by molar-refractivity contribution is -0.117. The summed E-state index contributed by atoms with van der Waals surface area (Å²) in [4.78, 5) is 12.0. The molecule has 1 amide bonds. The smallest absolute Gasteiger partial charge is 0.241 e. The number of nitrogens with two attached hydrogens (primary N) is 1. The lowest BCUT2D eigenvalue weighted by Crippen LogP contribution is -2.36. The predicted molar refractivity (Wildman–Crippen MR) is 87.2 cm³/mol. The zero-order valence-corrected chi connectivity index (χ0v) is 13.0. The Morgan fingerprint density at radius 2 is 1.90 bits per heavy atom. The lowest BCUT2D eigenvalue weighted by Gasteiger charge is -2.13. The quantitative estimate of drug-likeness (QED) is 0.727. The van der Waals surface area contributed by atoms with Crippen LogP contribution in [0.15, 0.2) is 53.0 Å². The monoisotopic (exact) mass is 348 g/mol. The van der Waals surface area contributed by atoms with Crippen molar-refractivity contribution in [3.05, 3.63) is 58.6 Å². The number of phenols is 1. The number of nitrogens with one attached hydrogen (secondary N) is 1. The van der Waals surface area contributed by atoms with Crippen LogP contribution >= 0.6 is 15.9 Å². The third kappa shape index (κ3) is 4.31. The molecule has 4 nitrogen and oxygen atoms in total. The van der Waals surface area contributed by atoms with Gasteiger partial charge in [0.15, 0.2) is 5.75 Å². The summed E-state index contributed by atoms with van der Waals surface area (Å²) in [6.07, 6.45) is 1.28. The fourth-order valence-corrected chi connectivity index (χ4v) is 2.31. The molecular formula is C16H17BrN2O2. The Kier molecular flexibility index (Phi) is 5.36. The van der Waals surface area contributed by atoms with E-state index in [2.05, 4.69) is 21.2 Å². The van der Waals surface area contributed by atoms with Crippen molar-refractivity contribution in [3.8, 4) is 5.75 Å². The van der Waals surface area contributed by atoms with Crippen molar-refractivity contribution in [2.45, 2.75) is 18.9 Å². The topological polar surface area (TPSA) is 75.4 Å². The van der Waals surface area contributed by atoms with Crippen LogP contribution in [0.25, 0.3) is 0 Å². The molecule has 2 aromatic carbocycles. The van der Waals surface area contributed by atoms with E-state index in [0.29, 0.717) is 16.6 Å². The Morgan fingerprint density at radius 1 is 1.19 bits per heavy atom. The maximum atomic E-state index is 12.0. The van der Waals surface area contributed by atoms with Crippen molar-refractivity contribution in [2.75, 3.05) is 5.32 Å². The van der Waals surface area contributed by atoms with Crippen LogP contribution < -0.4 is 11.1 Å². The van der Waals surface area contributed by atoms with E-state index in [-0.39, 0.29) is 11.7 Å². The second-order valence-corrected chi connectivity index (χ2v) is 5.61. The van der Waals surface area contributed by atoms with Gasteiger partial charge in [-0.1, -0.05) is 36.4 Å². The van der Waals surface area contributed by atoms with Crippen molar-refractivity contribution in [3.63, 3.8) is 0 Å². The Balaban J connectivity index is 1.92. The van der Waals surface area contributed by atoms with Gasteiger partial charge in [0.25, 0.3) is 0 Å². The summed E-state index contributed by atoms with van der Waals surface area (Å²) in [5.74, 6) is -0.305. The molecule has 0 saturated carbocycles. The van der Waals surface area contributed by atoms with E-state index in [4.69, 9.17) is 5.73 Å². The molecule has 0 aliphatic rings. The highest BCUT2D eigenvalue weighted by molar-refractivity contribution is 9.10. The zero-order valence-electron chi connectivity index (χ0n) is 11.4. The molecule has 110 valence electrons. The van der Waals surface area contributed by atoms with Gasteiger partial charge in [0.1, 0.15) is 0 Å². The van der Waals surface area contributed by atoms with E-state index in [1.165, 1.54) is 0 Å². The maximum Gasteiger partial charge on any atom is 0.241 e. The first kappa shape index (κ1) is 15.5. The highest BCUT2D eigenvalue weighted by Crippen LogP contribution is 2.31. The summed E-state index contributed by atoms with van der Waals surface area (Å²) in [6, 6.07) is 14.3. The lowest BCUT2D eigenvalue weighted by atomic mass is 10.1. The molecule has 0 spiro atoms. The number of aryl methyl sites for hydroxylation is 1. The Morgan fingerprint density at radius 3 is 2.62 bits per heavy atom. The van der Waals surface area contributed by atoms with Crippen LogP contribution in [0.2, 0.25) is 0 Å². The van der Waals surface area contributed by atoms with Gasteiger partial charge in [-0.15, -0.1) is 0 Å². The van der Waals surface area contributed by atoms with Gasteiger partial charge in [0.2, 0.25) is 5.91 Å². The second kappa shape index (κ2) is 7.24. The van der Waals surface area contributed by atoms with E-state index >= 15 is 0 Å². The van der Waals surface area contributed by atoms with E-state index in [1.54, 1.807) is 18.2 Å². The molecule has 0 saturated heterocycles. The van der Waals surface area contributed by atoms with Gasteiger partial charge < -0.3 is 16.2 Å². The van der Waals surface area contributed by atoms with Gasteiger partial charge >= 0.3 is 0 Å². The normalized spacial score (nSPS) is 11.9. The molecule has 0 unspecified atom stereocenters. The molecule has 1 atom stereocenters. The number of halogens is 1. The number of benzene rings is 2. The maximum absolute atomic E-state index is 12.0. The molecule has 0 aliphatic heterocycles. The summed E-state index contributed by atoms with van der Waals surface area (Å²) in [6.45, 7) is 0. The van der Waals surface area contributed by atoms with Crippen LogP contribution in [0.4, 0.5) is 5.69 Å². The van der Waals surface area contributed by atoms with Crippen LogP contribution in [0.5, 0.6) is 5.75 Å². The second-order valence-electron chi connectivity index (χ2n) is 4.76. The van der Waals surface area contributed by atoms with Crippen LogP contribution in [0, 0.1) is 0 Å². The standard InChI is InChI=1S/C16H17BrN2O2/c17-12-7-4-8-14(15(12)20)19-16(21)13(18)10-9-11-5-2-1-3-6-11/h1-8,13,20H,9-10,18H2,(H,19,21)/t13-/m0/s1. The minimum Gasteiger partial charge on any atom is -0.505 e. The number of aromatic hydroxyl groups is 1. The molecule has 0 aliphatic carbocycles. The molecule has 2 rings (SSSR count). The first-order chi connectivity index (χ1) is 10.1. The number of hydrogen-bond donors (Lipinski definition) is 3. The Bertz CT molecular complexity index is 617. The zero-order chi connectivity index (χ0) is 15.2. The van der Waals surface area contributed by atoms with Gasteiger partial charge in [0.05, 0.1) is 16.2 Å². The number of hydrogen-bond acceptors (Lipinski definition) is 3. The molecule has 0 fully saturated rings. The van der Waals surface area contributed by atoms with Crippen LogP contribution in [0.3, 0.4) is 0 Å². The van der Waals surface area contributed by atoms with Crippen molar-refractivity contribution in [1.82, 2.24) is 0 Å². The van der Waals surface area contributed by atoms with Crippen molar-refractivity contribution >= 4 is 27.5 Å². The molecule has 5 heteroatoms. The van der Waals surface area contributed by atoms with Crippen molar-refractivity contribution in [1.29, 1.82) is 0 Å². The third-order valence-corrected chi connectivity index (χ3v) is 3.81. The number of rotatable bonds is 5. The summed E-state index contributed by atoms with van der Waals surface area (Å²) in [7, 11) is 0. The predicted octanol–water partition coefficient (Wildman–Crippen LogP) is 3.05. The largest absolute Gasteiger partial charge is 0.505 e. The van der Waals surface area contributed by atoms with Gasteiger partial charge in [-0.05, 0) is 46.5 Å². The van der Waals surface area contributed by atoms with E-state index < -0.39 is 6.04 Å². The molecule has 0 aromatic heterocycles. The number of phenolic OH excluding ortho intramolecular Hbond substituents is 1. The fourth-order valence-electron chi connectivity index (χ4n) is 1.94. The van der Waals surface area contributed by atoms with Crippen molar-refractivity contribution < 1.29 is 9.90 Å². The molecule has 0 bridgehead atoms. The highest BCUT2D eigenvalue weighted by atomic mass is 79.9. The van der Waals surface area contributed by atoms with Gasteiger partial charge in [-0.25, -0.2) is 0 Å². The molecule has 4 N–H and O–H groups in total. The number of anilines is 1. The SMILES string of the molecule is N[C@@H](CCc1ccccc1)C(=O)Nc1cccc(Br)c1O. The first-order valence-corrected chi connectivity index (χ1v) is 7.45. The molecule has 2 aromatic rings. The van der Waals surface area contributed by atoms with Gasteiger partial charge in [-0.3, -0.25) is 4.79 Å². The Labute approximate surface area is 132 Å². The number of para-hydroxylation sites is 1. The van der Waals surface area contributed by atoms with E-state index in [9.17, 15) is 9.90 Å². The van der Waals surface area contributed by atoms with E-state index in [1.807, 2.05) is 30.3 Å². The van der Waals surface area contributed by atoms with Crippen LogP contribution in [0.1, 0.15) is 12.0 Å². The average molecular weight is 349 g/mol. The van der Waals surface area contributed by atoms with Crippen molar-refractivity contribution in [2.24, 2.45) is 5.73 Å². The average Bonchev–Trinajstić information content (AvgIpc) is 2.50. The number of carbonyl (C=O) groups excluding carboxylic acids is 1. The summed E-state index contributed by atoms with van der Waals surface area (Å²) in [5.41, 5.74) is 7.39. The minimum absolute atomic E-state index is 0.00103. The Hall–Kier alpha value is -1.85. The number of carbonyl (C=O) groups is 1. The van der Waals surface area contributed by atoms with Crippen LogP contribution in [-0.4, -0.2) is 17.1 Å². The van der Waals surface area contributed by atoms with Crippen LogP contribution in [-0.2, 0) is 11.2 Å². The minimum atomic E-state index is -0.622. The van der Waals surface area contributed by atoms with Gasteiger partial charge in [-0.2, -0.15) is 0 Å². The van der Waals surface area contributed by atoms with Gasteiger partial charge in [0, 0.05) is 0 Å². The summed E-state index contributed by atoms with van der Waals surface area (Å²) in [5, 5.41) is 12.5. The highest BCUT2D eigenvalue weighted by Gasteiger charge is 2.15. The molecule has 0 radical (unpaired) electrons. The number of amides is 1. The van der Waals surface area contributed by atoms with E-state index in [0.717, 1.165) is 12.0 Å². The molecule has 0 heterocycles. The third-order valence-electron chi connectivity index (χ3n) is 3.17. The fraction of sp³-hybridized carbons (Fsp3) is 0.188. The molecule has 21 heavy (non-hydrogen) atoms. The first-order valence-electron chi connectivity index (χ1n) is 6.66.